The molecule has 2 saturated carbocycles. The maximum atomic E-state index is 13.1. The van der Waals surface area contributed by atoms with Gasteiger partial charge >= 0.3 is 0 Å². The Hall–Kier alpha value is -2.44. The van der Waals surface area contributed by atoms with Crippen molar-refractivity contribution in [1.29, 1.82) is 0 Å². The van der Waals surface area contributed by atoms with Crippen molar-refractivity contribution in [1.82, 2.24) is 4.90 Å². The van der Waals surface area contributed by atoms with Gasteiger partial charge in [-0.3, -0.25) is 9.59 Å². The lowest BCUT2D eigenvalue weighted by Crippen LogP contribution is -2.44. The Morgan fingerprint density at radius 1 is 1.03 bits per heavy atom. The molecular weight excluding hydrogens is 417 g/mol. The first-order valence-electron chi connectivity index (χ1n) is 10.8. The first-order valence-corrected chi connectivity index (χ1v) is 11.2. The van der Waals surface area contributed by atoms with Gasteiger partial charge in [0.05, 0.1) is 0 Å². The number of benzene rings is 2. The smallest absolute Gasteiger partial charge is 0.255 e. The lowest BCUT2D eigenvalue weighted by molar-refractivity contribution is -0.136. The number of nitrogens with one attached hydrogen (secondary N) is 1. The van der Waals surface area contributed by atoms with Crippen molar-refractivity contribution >= 4 is 29.1 Å². The molecule has 0 unspecified atom stereocenters. The fourth-order valence-corrected chi connectivity index (χ4v) is 4.30. The van der Waals surface area contributed by atoms with Crippen LogP contribution in [-0.2, 0) is 11.3 Å². The monoisotopic (exact) mass is 443 g/mol. The van der Waals surface area contributed by atoms with E-state index >= 15 is 0 Å². The van der Waals surface area contributed by atoms with Crippen molar-refractivity contribution in [3.8, 4) is 0 Å². The number of nitrogens with zero attached hydrogens (tertiary/aromatic N) is 1. The molecule has 0 bridgehead atoms. The van der Waals surface area contributed by atoms with Crippen molar-refractivity contribution in [2.45, 2.75) is 57.2 Å². The summed E-state index contributed by atoms with van der Waals surface area (Å²) in [5.41, 5.74) is 7.80. The fourth-order valence-electron chi connectivity index (χ4n) is 4.13. The van der Waals surface area contributed by atoms with E-state index in [0.717, 1.165) is 44.1 Å². The molecule has 0 aliphatic heterocycles. The third kappa shape index (κ3) is 5.43. The molecule has 2 fully saturated rings. The molecule has 7 heteroatoms. The van der Waals surface area contributed by atoms with E-state index in [1.165, 1.54) is 24.3 Å². The summed E-state index contributed by atoms with van der Waals surface area (Å²) < 4.78 is 13.1. The zero-order valence-corrected chi connectivity index (χ0v) is 18.1. The molecule has 2 aliphatic rings. The molecule has 0 aromatic heterocycles. The maximum Gasteiger partial charge on any atom is 0.255 e. The molecule has 0 spiro atoms. The van der Waals surface area contributed by atoms with Gasteiger partial charge < -0.3 is 16.0 Å². The van der Waals surface area contributed by atoms with Crippen LogP contribution in [0.15, 0.2) is 42.5 Å². The molecule has 31 heavy (non-hydrogen) atoms. The van der Waals surface area contributed by atoms with Crippen molar-refractivity contribution < 1.29 is 14.0 Å². The molecule has 2 aromatic carbocycles. The zero-order chi connectivity index (χ0) is 22.0. The second kappa shape index (κ2) is 9.37. The summed E-state index contributed by atoms with van der Waals surface area (Å²) in [5.74, 6) is -0.414. The minimum absolute atomic E-state index is 0.121. The van der Waals surface area contributed by atoms with Crippen molar-refractivity contribution in [3.63, 3.8) is 0 Å². The third-order valence-corrected chi connectivity index (χ3v) is 6.51. The average Bonchev–Trinajstić information content (AvgIpc) is 3.60. The van der Waals surface area contributed by atoms with Gasteiger partial charge in [-0.2, -0.15) is 0 Å². The first kappa shape index (κ1) is 21.8. The molecule has 2 aliphatic carbocycles. The molecule has 164 valence electrons. The Morgan fingerprint density at radius 3 is 2.35 bits per heavy atom. The Balaban J connectivity index is 1.51. The summed E-state index contributed by atoms with van der Waals surface area (Å²) in [4.78, 5) is 27.5. The van der Waals surface area contributed by atoms with E-state index in [1.54, 1.807) is 12.1 Å². The van der Waals surface area contributed by atoms with Crippen LogP contribution in [0.4, 0.5) is 10.1 Å². The Morgan fingerprint density at radius 2 is 1.71 bits per heavy atom. The molecule has 0 radical (unpaired) electrons. The van der Waals surface area contributed by atoms with Crippen LogP contribution in [0.25, 0.3) is 0 Å². The minimum Gasteiger partial charge on any atom is -0.335 e. The van der Waals surface area contributed by atoms with Crippen LogP contribution in [0, 0.1) is 11.7 Å². The van der Waals surface area contributed by atoms with Gasteiger partial charge in [-0.25, -0.2) is 4.39 Å². The van der Waals surface area contributed by atoms with Crippen molar-refractivity contribution in [3.05, 3.63) is 64.4 Å². The number of carbonyl (C=O) groups excluding carboxylic acids is 2. The van der Waals surface area contributed by atoms with E-state index in [9.17, 15) is 14.0 Å². The van der Waals surface area contributed by atoms with Crippen LogP contribution in [0.1, 0.15) is 54.4 Å². The van der Waals surface area contributed by atoms with E-state index in [-0.39, 0.29) is 29.8 Å². The third-order valence-electron chi connectivity index (χ3n) is 6.14. The summed E-state index contributed by atoms with van der Waals surface area (Å²) in [6, 6.07) is 11.0. The molecule has 4 rings (SSSR count). The minimum atomic E-state index is -0.394. The Labute approximate surface area is 186 Å². The molecule has 2 amide bonds. The second-order valence-corrected chi connectivity index (χ2v) is 8.98. The lowest BCUT2D eigenvalue weighted by Gasteiger charge is -2.36. The molecule has 0 atom stereocenters. The van der Waals surface area contributed by atoms with Gasteiger partial charge in [0.1, 0.15) is 5.82 Å². The summed E-state index contributed by atoms with van der Waals surface area (Å²) >= 11 is 6.46. The summed E-state index contributed by atoms with van der Waals surface area (Å²) in [6.07, 6.45) is 5.53. The molecule has 3 N–H and O–H groups in total. The van der Waals surface area contributed by atoms with Gasteiger partial charge in [-0.1, -0.05) is 11.6 Å². The van der Waals surface area contributed by atoms with Crippen molar-refractivity contribution in [2.24, 2.45) is 11.7 Å². The molecule has 0 heterocycles. The van der Waals surface area contributed by atoms with Crippen LogP contribution >= 0.6 is 11.6 Å². The highest BCUT2D eigenvalue weighted by Crippen LogP contribution is 2.35. The predicted molar refractivity (Wildman–Crippen MR) is 119 cm³/mol. The van der Waals surface area contributed by atoms with Gasteiger partial charge in [0.15, 0.2) is 0 Å². The van der Waals surface area contributed by atoms with Crippen LogP contribution in [0.3, 0.4) is 0 Å². The largest absolute Gasteiger partial charge is 0.335 e. The highest BCUT2D eigenvalue weighted by atomic mass is 35.5. The molecule has 2 aromatic rings. The fraction of sp³-hybridized carbons (Fsp3) is 0.417. The van der Waals surface area contributed by atoms with Gasteiger partial charge in [0.2, 0.25) is 5.91 Å². The number of carbonyl (C=O) groups is 2. The van der Waals surface area contributed by atoms with Crippen LogP contribution in [0.5, 0.6) is 0 Å². The summed E-state index contributed by atoms with van der Waals surface area (Å²) in [5, 5.41) is 3.38. The molecule has 5 nitrogen and oxygen atoms in total. The van der Waals surface area contributed by atoms with Gasteiger partial charge in [0.25, 0.3) is 5.91 Å². The van der Waals surface area contributed by atoms with Gasteiger partial charge in [-0.05, 0) is 86.6 Å². The van der Waals surface area contributed by atoms with Gasteiger partial charge in [0, 0.05) is 40.8 Å². The topological polar surface area (TPSA) is 75.4 Å². The first-order chi connectivity index (χ1) is 14.9. The highest BCUT2D eigenvalue weighted by Gasteiger charge is 2.37. The highest BCUT2D eigenvalue weighted by molar-refractivity contribution is 6.31. The van der Waals surface area contributed by atoms with E-state index in [2.05, 4.69) is 5.32 Å². The normalized spacial score (nSPS) is 20.9. The van der Waals surface area contributed by atoms with E-state index in [0.29, 0.717) is 22.8 Å². The Bertz CT molecular complexity index is 954. The number of anilines is 1. The van der Waals surface area contributed by atoms with Crippen LogP contribution in [0.2, 0.25) is 5.02 Å². The standard InChI is InChI=1S/C24H27ClFN3O2/c25-22-12-9-20(28-23(30)15-3-5-18(26)6-4-15)13-17(22)14-29(24(31)16-1-2-16)21-10-7-19(27)8-11-21/h3-6,9,12-13,16,19,21H,1-2,7-8,10-11,14,27H2,(H,28,30). The SMILES string of the molecule is NC1CCC(N(Cc2cc(NC(=O)c3ccc(F)cc3)ccc2Cl)C(=O)C2CC2)CC1. The summed E-state index contributed by atoms with van der Waals surface area (Å²) in [7, 11) is 0. The maximum absolute atomic E-state index is 13.1. The molecular formula is C24H27ClFN3O2. The zero-order valence-electron chi connectivity index (χ0n) is 17.3. The lowest BCUT2D eigenvalue weighted by atomic mass is 9.90. The average molecular weight is 444 g/mol. The Kier molecular flexibility index (Phi) is 6.58. The number of amides is 2. The van der Waals surface area contributed by atoms with E-state index < -0.39 is 5.82 Å². The number of rotatable bonds is 6. The number of hydrogen-bond donors (Lipinski definition) is 2. The van der Waals surface area contributed by atoms with Gasteiger partial charge in [-0.15, -0.1) is 0 Å². The van der Waals surface area contributed by atoms with Crippen LogP contribution < -0.4 is 11.1 Å². The number of halogens is 2. The predicted octanol–water partition coefficient (Wildman–Crippen LogP) is 4.74. The quantitative estimate of drug-likeness (QED) is 0.677. The second-order valence-electron chi connectivity index (χ2n) is 8.58. The number of hydrogen-bond acceptors (Lipinski definition) is 3. The molecule has 0 saturated heterocycles. The van der Waals surface area contributed by atoms with Crippen molar-refractivity contribution in [2.75, 3.05) is 5.32 Å². The summed E-state index contributed by atoms with van der Waals surface area (Å²) in [6.45, 7) is 0.411. The van der Waals surface area contributed by atoms with E-state index in [1.807, 2.05) is 11.0 Å². The van der Waals surface area contributed by atoms with E-state index in [4.69, 9.17) is 17.3 Å². The number of nitrogens with two attached hydrogens (primary N) is 1. The van der Waals surface area contributed by atoms with Crippen LogP contribution in [-0.4, -0.2) is 28.8 Å².